The zero-order valence-corrected chi connectivity index (χ0v) is 23.0. The minimum atomic E-state index is -0.332. The molecule has 1 aromatic carbocycles. The first-order valence-corrected chi connectivity index (χ1v) is 13.9. The van der Waals surface area contributed by atoms with E-state index >= 15 is 0 Å². The molecule has 1 aromatic rings. The van der Waals surface area contributed by atoms with Crippen molar-refractivity contribution in [2.75, 3.05) is 19.6 Å². The van der Waals surface area contributed by atoms with Crippen LogP contribution < -0.4 is 16.4 Å². The molecule has 3 amide bonds. The molecule has 1 fully saturated rings. The molecule has 7 nitrogen and oxygen atoms in total. The smallest absolute Gasteiger partial charge is 0.253 e. The summed E-state index contributed by atoms with van der Waals surface area (Å²) in [7, 11) is 0. The molecule has 3 atom stereocenters. The van der Waals surface area contributed by atoms with Crippen molar-refractivity contribution >= 4 is 17.7 Å². The van der Waals surface area contributed by atoms with Crippen LogP contribution in [0.1, 0.15) is 100 Å². The SMILES string of the molecule is CCCN(CCC)C(=O)c1cccc(C(=O)N[C@@H](CCC2CC2)[C@@H](N)C[C@@H](C)C(=O)NCC(C)C)c1. The van der Waals surface area contributed by atoms with E-state index in [0.717, 1.165) is 25.7 Å². The van der Waals surface area contributed by atoms with Crippen molar-refractivity contribution in [3.05, 3.63) is 35.4 Å². The number of nitrogens with two attached hydrogens (primary N) is 1. The van der Waals surface area contributed by atoms with E-state index in [9.17, 15) is 14.4 Å². The molecule has 2 rings (SSSR count). The highest BCUT2D eigenvalue weighted by Crippen LogP contribution is 2.34. The second kappa shape index (κ2) is 15.0. The van der Waals surface area contributed by atoms with E-state index in [1.165, 1.54) is 12.8 Å². The van der Waals surface area contributed by atoms with E-state index in [1.54, 1.807) is 24.3 Å². The fourth-order valence-electron chi connectivity index (χ4n) is 4.46. The Morgan fingerprint density at radius 1 is 1.06 bits per heavy atom. The molecule has 0 aliphatic heterocycles. The Balaban J connectivity index is 2.08. The molecule has 0 unspecified atom stereocenters. The van der Waals surface area contributed by atoms with Gasteiger partial charge in [0.2, 0.25) is 5.91 Å². The van der Waals surface area contributed by atoms with Gasteiger partial charge in [-0.3, -0.25) is 14.4 Å². The predicted molar refractivity (Wildman–Crippen MR) is 146 cm³/mol. The van der Waals surface area contributed by atoms with Crippen LogP contribution in [0.15, 0.2) is 24.3 Å². The maximum Gasteiger partial charge on any atom is 0.253 e. The zero-order chi connectivity index (χ0) is 26.7. The van der Waals surface area contributed by atoms with Crippen LogP contribution in [0.3, 0.4) is 0 Å². The number of rotatable bonds is 16. The van der Waals surface area contributed by atoms with Gasteiger partial charge in [-0.2, -0.15) is 0 Å². The monoisotopic (exact) mass is 500 g/mol. The van der Waals surface area contributed by atoms with Crippen molar-refractivity contribution in [3.8, 4) is 0 Å². The van der Waals surface area contributed by atoms with Crippen molar-refractivity contribution in [1.29, 1.82) is 0 Å². The molecule has 0 aromatic heterocycles. The minimum Gasteiger partial charge on any atom is -0.356 e. The summed E-state index contributed by atoms with van der Waals surface area (Å²) < 4.78 is 0. The molecular formula is C29H48N4O3. The summed E-state index contributed by atoms with van der Waals surface area (Å²) >= 11 is 0. The largest absolute Gasteiger partial charge is 0.356 e. The number of hydrogen-bond donors (Lipinski definition) is 3. The molecule has 0 saturated heterocycles. The minimum absolute atomic E-state index is 0.00125. The first kappa shape index (κ1) is 29.8. The van der Waals surface area contributed by atoms with Gasteiger partial charge in [-0.05, 0) is 62.1 Å². The third-order valence-corrected chi connectivity index (χ3v) is 6.82. The fourth-order valence-corrected chi connectivity index (χ4v) is 4.46. The van der Waals surface area contributed by atoms with Gasteiger partial charge in [0.1, 0.15) is 0 Å². The lowest BCUT2D eigenvalue weighted by molar-refractivity contribution is -0.125. The number of carbonyl (C=O) groups is 3. The molecule has 1 aliphatic carbocycles. The molecule has 4 N–H and O–H groups in total. The van der Waals surface area contributed by atoms with Gasteiger partial charge >= 0.3 is 0 Å². The summed E-state index contributed by atoms with van der Waals surface area (Å²) in [6, 6.07) is 6.39. The van der Waals surface area contributed by atoms with Crippen molar-refractivity contribution in [2.45, 2.75) is 91.6 Å². The van der Waals surface area contributed by atoms with E-state index in [0.29, 0.717) is 49.0 Å². The number of nitrogens with one attached hydrogen (secondary N) is 2. The van der Waals surface area contributed by atoms with Crippen LogP contribution in [0.4, 0.5) is 0 Å². The van der Waals surface area contributed by atoms with Crippen molar-refractivity contribution in [1.82, 2.24) is 15.5 Å². The molecule has 7 heteroatoms. The normalized spacial score (nSPS) is 15.8. The maximum absolute atomic E-state index is 13.2. The molecule has 0 heterocycles. The topological polar surface area (TPSA) is 105 Å². The van der Waals surface area contributed by atoms with Crippen molar-refractivity contribution < 1.29 is 14.4 Å². The molecule has 36 heavy (non-hydrogen) atoms. The van der Waals surface area contributed by atoms with E-state index < -0.39 is 0 Å². The molecule has 0 spiro atoms. The van der Waals surface area contributed by atoms with Gasteiger partial charge in [-0.15, -0.1) is 0 Å². The van der Waals surface area contributed by atoms with E-state index in [1.807, 2.05) is 11.8 Å². The van der Waals surface area contributed by atoms with Crippen LogP contribution >= 0.6 is 0 Å². The lowest BCUT2D eigenvalue weighted by atomic mass is 9.92. The Bertz CT molecular complexity index is 847. The quantitative estimate of drug-likeness (QED) is 0.314. The van der Waals surface area contributed by atoms with Crippen LogP contribution in [0.2, 0.25) is 0 Å². The van der Waals surface area contributed by atoms with Gasteiger partial charge in [-0.25, -0.2) is 0 Å². The first-order chi connectivity index (χ1) is 17.2. The van der Waals surface area contributed by atoms with Crippen molar-refractivity contribution in [2.24, 2.45) is 23.5 Å². The molecule has 1 saturated carbocycles. The summed E-state index contributed by atoms with van der Waals surface area (Å²) in [5.74, 6) is 0.600. The van der Waals surface area contributed by atoms with Gasteiger partial charge in [0, 0.05) is 48.8 Å². The summed E-state index contributed by atoms with van der Waals surface area (Å²) in [5, 5.41) is 6.11. The van der Waals surface area contributed by atoms with Gasteiger partial charge in [-0.1, -0.05) is 53.5 Å². The Hall–Kier alpha value is -2.41. The van der Waals surface area contributed by atoms with E-state index in [2.05, 4.69) is 38.3 Å². The summed E-state index contributed by atoms with van der Waals surface area (Å²) in [6.45, 7) is 12.2. The Labute approximate surface area is 218 Å². The molecular weight excluding hydrogens is 452 g/mol. The second-order valence-electron chi connectivity index (χ2n) is 10.9. The molecule has 0 radical (unpaired) electrons. The van der Waals surface area contributed by atoms with E-state index in [-0.39, 0.29) is 35.7 Å². The number of amides is 3. The zero-order valence-electron chi connectivity index (χ0n) is 23.0. The third-order valence-electron chi connectivity index (χ3n) is 6.82. The number of carbonyl (C=O) groups excluding carboxylic acids is 3. The Morgan fingerprint density at radius 2 is 1.69 bits per heavy atom. The summed E-state index contributed by atoms with van der Waals surface area (Å²) in [4.78, 5) is 40.6. The lowest BCUT2D eigenvalue weighted by Crippen LogP contribution is -2.49. The summed E-state index contributed by atoms with van der Waals surface area (Å²) in [6.07, 6.45) is 6.56. The molecule has 202 valence electrons. The maximum atomic E-state index is 13.2. The highest BCUT2D eigenvalue weighted by Gasteiger charge is 2.28. The van der Waals surface area contributed by atoms with Crippen LogP contribution in [0.25, 0.3) is 0 Å². The van der Waals surface area contributed by atoms with Gasteiger partial charge < -0.3 is 21.3 Å². The van der Waals surface area contributed by atoms with Crippen LogP contribution in [0.5, 0.6) is 0 Å². The van der Waals surface area contributed by atoms with Crippen LogP contribution in [-0.2, 0) is 4.79 Å². The average Bonchev–Trinajstić information content (AvgIpc) is 3.68. The fraction of sp³-hybridized carbons (Fsp3) is 0.690. The second-order valence-corrected chi connectivity index (χ2v) is 10.9. The predicted octanol–water partition coefficient (Wildman–Crippen LogP) is 4.36. The number of nitrogens with zero attached hydrogens (tertiary/aromatic N) is 1. The lowest BCUT2D eigenvalue weighted by Gasteiger charge is -2.27. The average molecular weight is 501 g/mol. The number of hydrogen-bond acceptors (Lipinski definition) is 4. The van der Waals surface area contributed by atoms with E-state index in [4.69, 9.17) is 5.73 Å². The van der Waals surface area contributed by atoms with Gasteiger partial charge in [0.05, 0.1) is 0 Å². The van der Waals surface area contributed by atoms with Gasteiger partial charge in [0.15, 0.2) is 0 Å². The molecule has 1 aliphatic rings. The first-order valence-electron chi connectivity index (χ1n) is 13.9. The molecule has 0 bridgehead atoms. The van der Waals surface area contributed by atoms with Crippen LogP contribution in [-0.4, -0.2) is 54.3 Å². The Kier molecular flexibility index (Phi) is 12.4. The highest BCUT2D eigenvalue weighted by atomic mass is 16.2. The standard InChI is InChI=1S/C29H48N4O3/c1-6-15-33(16-7-2)29(36)24-10-8-9-23(18-24)28(35)32-26(14-13-22-11-12-22)25(30)17-21(5)27(34)31-19-20(3)4/h8-10,18,20-22,25-26H,6-7,11-17,19,30H2,1-5H3,(H,31,34)(H,32,35)/t21-,25+,26+/m1/s1. The highest BCUT2D eigenvalue weighted by molar-refractivity contribution is 5.99. The third kappa shape index (κ3) is 9.92. The van der Waals surface area contributed by atoms with Crippen LogP contribution in [0, 0.1) is 17.8 Å². The summed E-state index contributed by atoms with van der Waals surface area (Å²) in [5.41, 5.74) is 7.56. The van der Waals surface area contributed by atoms with Gasteiger partial charge in [0.25, 0.3) is 11.8 Å². The number of benzene rings is 1. The Morgan fingerprint density at radius 3 is 2.28 bits per heavy atom. The van der Waals surface area contributed by atoms with Crippen molar-refractivity contribution in [3.63, 3.8) is 0 Å².